The summed E-state index contributed by atoms with van der Waals surface area (Å²) < 4.78 is 5.52. The molecule has 3 atom stereocenters. The molecule has 2 saturated heterocycles. The molecule has 2 fully saturated rings. The van der Waals surface area contributed by atoms with Crippen LogP contribution < -0.4 is 0 Å². The Hall–Kier alpha value is -0.570. The van der Waals surface area contributed by atoms with Gasteiger partial charge in [-0.1, -0.05) is 23.7 Å². The highest BCUT2D eigenvalue weighted by atomic mass is 35.5. The summed E-state index contributed by atoms with van der Waals surface area (Å²) in [7, 11) is 0. The molecule has 2 aliphatic heterocycles. The van der Waals surface area contributed by atoms with Gasteiger partial charge in [-0.05, 0) is 24.6 Å². The molecule has 1 unspecified atom stereocenters. The van der Waals surface area contributed by atoms with Crippen molar-refractivity contribution in [1.82, 2.24) is 4.90 Å². The van der Waals surface area contributed by atoms with Crippen molar-refractivity contribution < 1.29 is 4.74 Å². The lowest BCUT2D eigenvalue weighted by Gasteiger charge is -2.25. The summed E-state index contributed by atoms with van der Waals surface area (Å²) in [6.07, 6.45) is 0. The van der Waals surface area contributed by atoms with Crippen LogP contribution in [0.3, 0.4) is 0 Å². The minimum Gasteiger partial charge on any atom is -0.381 e. The van der Waals surface area contributed by atoms with Gasteiger partial charge in [-0.25, -0.2) is 0 Å². The number of ether oxygens (including phenoxy) is 1. The highest BCUT2D eigenvalue weighted by molar-refractivity contribution is 6.30. The highest BCUT2D eigenvalue weighted by Gasteiger charge is 2.38. The fourth-order valence-electron chi connectivity index (χ4n) is 2.99. The van der Waals surface area contributed by atoms with E-state index in [1.54, 1.807) is 0 Å². The van der Waals surface area contributed by atoms with Gasteiger partial charge in [-0.15, -0.1) is 0 Å². The smallest absolute Gasteiger partial charge is 0.0510 e. The van der Waals surface area contributed by atoms with Crippen LogP contribution in [0.1, 0.15) is 18.5 Å². The zero-order valence-electron chi connectivity index (χ0n) is 10.1. The molecule has 2 heterocycles. The lowest BCUT2D eigenvalue weighted by Crippen LogP contribution is -2.26. The van der Waals surface area contributed by atoms with Gasteiger partial charge in [0.2, 0.25) is 0 Å². The third-order valence-electron chi connectivity index (χ3n) is 4.17. The second-order valence-corrected chi connectivity index (χ2v) is 5.68. The normalized spacial score (nSPS) is 30.5. The number of halogens is 1. The Morgan fingerprint density at radius 2 is 1.76 bits per heavy atom. The Balaban J connectivity index is 1.70. The minimum absolute atomic E-state index is 0.484. The van der Waals surface area contributed by atoms with E-state index < -0.39 is 0 Å². The SMILES string of the molecule is CC(c1ccc(Cl)cc1)N1C[C@H]2COC[C@H]2C1. The first-order chi connectivity index (χ1) is 8.24. The Kier molecular flexibility index (Phi) is 3.12. The largest absolute Gasteiger partial charge is 0.381 e. The van der Waals surface area contributed by atoms with E-state index in [0.717, 1.165) is 30.1 Å². The molecule has 3 rings (SSSR count). The molecule has 0 aromatic heterocycles. The van der Waals surface area contributed by atoms with Crippen LogP contribution in [0.5, 0.6) is 0 Å². The summed E-state index contributed by atoms with van der Waals surface area (Å²) in [4.78, 5) is 2.57. The first-order valence-electron chi connectivity index (χ1n) is 6.31. The maximum atomic E-state index is 5.92. The van der Waals surface area contributed by atoms with Gasteiger partial charge in [0.05, 0.1) is 13.2 Å². The van der Waals surface area contributed by atoms with Crippen LogP contribution in [0.25, 0.3) is 0 Å². The maximum absolute atomic E-state index is 5.92. The monoisotopic (exact) mass is 251 g/mol. The Morgan fingerprint density at radius 1 is 1.18 bits per heavy atom. The van der Waals surface area contributed by atoms with Crippen LogP contribution in [-0.2, 0) is 4.74 Å². The van der Waals surface area contributed by atoms with Gasteiger partial charge in [0, 0.05) is 36.0 Å². The van der Waals surface area contributed by atoms with Crippen LogP contribution in [-0.4, -0.2) is 31.2 Å². The van der Waals surface area contributed by atoms with E-state index >= 15 is 0 Å². The van der Waals surface area contributed by atoms with Crippen LogP contribution in [0.4, 0.5) is 0 Å². The van der Waals surface area contributed by atoms with Crippen molar-refractivity contribution in [2.24, 2.45) is 11.8 Å². The van der Waals surface area contributed by atoms with E-state index in [1.165, 1.54) is 18.7 Å². The van der Waals surface area contributed by atoms with E-state index in [4.69, 9.17) is 16.3 Å². The summed E-state index contributed by atoms with van der Waals surface area (Å²) in [6.45, 7) is 6.54. The first kappa shape index (κ1) is 11.5. The molecule has 0 saturated carbocycles. The van der Waals surface area contributed by atoms with Crippen molar-refractivity contribution in [2.45, 2.75) is 13.0 Å². The average molecular weight is 252 g/mol. The second kappa shape index (κ2) is 4.60. The lowest BCUT2D eigenvalue weighted by molar-refractivity contribution is 0.142. The molecule has 0 radical (unpaired) electrons. The molecular formula is C14H18ClNO. The molecule has 0 N–H and O–H groups in total. The molecular weight excluding hydrogens is 234 g/mol. The molecule has 0 spiro atoms. The van der Waals surface area contributed by atoms with Gasteiger partial charge in [-0.2, -0.15) is 0 Å². The molecule has 2 aliphatic rings. The summed E-state index contributed by atoms with van der Waals surface area (Å²) >= 11 is 5.92. The summed E-state index contributed by atoms with van der Waals surface area (Å²) in [5.41, 5.74) is 1.36. The van der Waals surface area contributed by atoms with E-state index in [0.29, 0.717) is 6.04 Å². The Morgan fingerprint density at radius 3 is 2.35 bits per heavy atom. The molecule has 17 heavy (non-hydrogen) atoms. The molecule has 2 nitrogen and oxygen atoms in total. The topological polar surface area (TPSA) is 12.5 Å². The molecule has 92 valence electrons. The molecule has 0 amide bonds. The number of hydrogen-bond acceptors (Lipinski definition) is 2. The predicted molar refractivity (Wildman–Crippen MR) is 69.2 cm³/mol. The Bertz CT molecular complexity index is 380. The van der Waals surface area contributed by atoms with Crippen molar-refractivity contribution >= 4 is 11.6 Å². The van der Waals surface area contributed by atoms with Gasteiger partial charge in [-0.3, -0.25) is 4.90 Å². The van der Waals surface area contributed by atoms with Crippen molar-refractivity contribution in [1.29, 1.82) is 0 Å². The van der Waals surface area contributed by atoms with Crippen LogP contribution >= 0.6 is 11.6 Å². The van der Waals surface area contributed by atoms with Crippen LogP contribution in [0.15, 0.2) is 24.3 Å². The van der Waals surface area contributed by atoms with Crippen molar-refractivity contribution in [3.8, 4) is 0 Å². The lowest BCUT2D eigenvalue weighted by atomic mass is 10.0. The number of nitrogens with zero attached hydrogens (tertiary/aromatic N) is 1. The number of hydrogen-bond donors (Lipinski definition) is 0. The van der Waals surface area contributed by atoms with Gasteiger partial charge in [0.1, 0.15) is 0 Å². The summed E-state index contributed by atoms with van der Waals surface area (Å²) in [6, 6.07) is 8.72. The van der Waals surface area contributed by atoms with Gasteiger partial charge < -0.3 is 4.74 Å². The van der Waals surface area contributed by atoms with E-state index in [-0.39, 0.29) is 0 Å². The average Bonchev–Trinajstić information content (AvgIpc) is 2.89. The molecule has 0 aliphatic carbocycles. The molecule has 0 bridgehead atoms. The summed E-state index contributed by atoms with van der Waals surface area (Å²) in [5, 5.41) is 0.813. The number of likely N-dealkylation sites (tertiary alicyclic amines) is 1. The van der Waals surface area contributed by atoms with Crippen molar-refractivity contribution in [2.75, 3.05) is 26.3 Å². The number of benzene rings is 1. The van der Waals surface area contributed by atoms with Crippen molar-refractivity contribution in [3.05, 3.63) is 34.9 Å². The zero-order chi connectivity index (χ0) is 11.8. The van der Waals surface area contributed by atoms with Crippen molar-refractivity contribution in [3.63, 3.8) is 0 Å². The van der Waals surface area contributed by atoms with E-state index in [9.17, 15) is 0 Å². The molecule has 1 aromatic rings. The first-order valence-corrected chi connectivity index (χ1v) is 6.69. The van der Waals surface area contributed by atoms with Gasteiger partial charge in [0.25, 0.3) is 0 Å². The Labute approximate surface area is 108 Å². The second-order valence-electron chi connectivity index (χ2n) is 5.24. The minimum atomic E-state index is 0.484. The highest BCUT2D eigenvalue weighted by Crippen LogP contribution is 2.34. The molecule has 3 heteroatoms. The third-order valence-corrected chi connectivity index (χ3v) is 4.42. The van der Waals surface area contributed by atoms with Crippen LogP contribution in [0, 0.1) is 11.8 Å². The summed E-state index contributed by atoms with van der Waals surface area (Å²) in [5.74, 6) is 1.51. The third kappa shape index (κ3) is 2.22. The van der Waals surface area contributed by atoms with Gasteiger partial charge in [0.15, 0.2) is 0 Å². The standard InChI is InChI=1S/C14H18ClNO/c1-10(11-2-4-14(15)5-3-11)16-6-12-8-17-9-13(12)7-16/h2-5,10,12-13H,6-9H2,1H3/t10?,12-,13+. The van der Waals surface area contributed by atoms with E-state index in [1.807, 2.05) is 12.1 Å². The zero-order valence-corrected chi connectivity index (χ0v) is 10.9. The predicted octanol–water partition coefficient (Wildman–Crippen LogP) is 2.98. The van der Waals surface area contributed by atoms with E-state index in [2.05, 4.69) is 24.0 Å². The quantitative estimate of drug-likeness (QED) is 0.801. The fourth-order valence-corrected chi connectivity index (χ4v) is 3.12. The maximum Gasteiger partial charge on any atom is 0.0510 e. The molecule has 1 aromatic carbocycles. The van der Waals surface area contributed by atoms with Gasteiger partial charge >= 0.3 is 0 Å². The fraction of sp³-hybridized carbons (Fsp3) is 0.571. The number of fused-ring (bicyclic) bond motifs is 1. The number of rotatable bonds is 2. The van der Waals surface area contributed by atoms with Crippen LogP contribution in [0.2, 0.25) is 5.02 Å².